The predicted octanol–water partition coefficient (Wildman–Crippen LogP) is 2.21. The summed E-state index contributed by atoms with van der Waals surface area (Å²) in [6.45, 7) is 4.86. The van der Waals surface area contributed by atoms with Crippen molar-refractivity contribution in [2.75, 3.05) is 47.1 Å². The van der Waals surface area contributed by atoms with Crippen LogP contribution in [0.4, 0.5) is 0 Å². The predicted molar refractivity (Wildman–Crippen MR) is 113 cm³/mol. The van der Waals surface area contributed by atoms with Gasteiger partial charge in [0.25, 0.3) is 0 Å². The zero-order valence-corrected chi connectivity index (χ0v) is 18.0. The number of nitrogens with zero attached hydrogens (tertiary/aromatic N) is 2. The third kappa shape index (κ3) is 9.00. The molecule has 0 unspecified atom stereocenters. The number of nitrogens with one attached hydrogen (secondary N) is 2. The van der Waals surface area contributed by atoms with Crippen LogP contribution in [0.2, 0.25) is 0 Å². The van der Waals surface area contributed by atoms with Crippen molar-refractivity contribution in [2.45, 2.75) is 25.8 Å². The van der Waals surface area contributed by atoms with Crippen LogP contribution in [0.25, 0.3) is 0 Å². The van der Waals surface area contributed by atoms with Crippen LogP contribution in [0, 0.1) is 5.92 Å². The molecule has 2 N–H and O–H groups in total. The third-order valence-corrected chi connectivity index (χ3v) is 4.14. The Morgan fingerprint density at radius 1 is 1.31 bits per heavy atom. The van der Waals surface area contributed by atoms with E-state index in [1.54, 1.807) is 20.4 Å². The topological polar surface area (TPSA) is 77.0 Å². The molecule has 0 bridgehead atoms. The first-order valence-corrected chi connectivity index (χ1v) is 8.90. The second-order valence-corrected chi connectivity index (χ2v) is 6.05. The first-order chi connectivity index (χ1) is 12.3. The Hall–Kier alpha value is -1.13. The molecule has 1 aromatic heterocycles. The molecule has 0 saturated carbocycles. The van der Waals surface area contributed by atoms with E-state index in [1.165, 1.54) is 0 Å². The molecular formula is C18H31IN4O3. The van der Waals surface area contributed by atoms with Crippen molar-refractivity contribution in [2.24, 2.45) is 10.9 Å². The van der Waals surface area contributed by atoms with Gasteiger partial charge in [-0.05, 0) is 30.7 Å². The van der Waals surface area contributed by atoms with Gasteiger partial charge in [0.2, 0.25) is 5.88 Å². The smallest absolute Gasteiger partial charge is 0.212 e. The van der Waals surface area contributed by atoms with E-state index in [0.29, 0.717) is 18.3 Å². The molecule has 1 fully saturated rings. The van der Waals surface area contributed by atoms with Crippen molar-refractivity contribution in [1.29, 1.82) is 0 Å². The second kappa shape index (κ2) is 14.0. The summed E-state index contributed by atoms with van der Waals surface area (Å²) in [6.07, 6.45) is 4.99. The van der Waals surface area contributed by atoms with Gasteiger partial charge < -0.3 is 24.8 Å². The molecule has 0 amide bonds. The van der Waals surface area contributed by atoms with Crippen molar-refractivity contribution in [3.8, 4) is 5.88 Å². The summed E-state index contributed by atoms with van der Waals surface area (Å²) in [6, 6.07) is 3.83. The van der Waals surface area contributed by atoms with Gasteiger partial charge in [-0.1, -0.05) is 6.07 Å². The average molecular weight is 478 g/mol. The van der Waals surface area contributed by atoms with Crippen LogP contribution in [0.1, 0.15) is 24.8 Å². The molecule has 1 aromatic rings. The van der Waals surface area contributed by atoms with Gasteiger partial charge in [-0.25, -0.2) is 4.98 Å². The number of methoxy groups -OCH3 is 1. The summed E-state index contributed by atoms with van der Waals surface area (Å²) >= 11 is 0. The molecule has 0 atom stereocenters. The summed E-state index contributed by atoms with van der Waals surface area (Å²) < 4.78 is 16.2. The molecule has 1 aliphatic heterocycles. The molecule has 0 aromatic carbocycles. The Balaban J connectivity index is 0.00000338. The maximum Gasteiger partial charge on any atom is 0.212 e. The molecule has 1 saturated heterocycles. The highest BCUT2D eigenvalue weighted by molar-refractivity contribution is 14.0. The number of aliphatic imine (C=N–C) groups is 1. The number of hydrogen-bond donors (Lipinski definition) is 2. The van der Waals surface area contributed by atoms with Crippen molar-refractivity contribution in [1.82, 2.24) is 15.6 Å². The Morgan fingerprint density at radius 3 is 2.77 bits per heavy atom. The lowest BCUT2D eigenvalue weighted by molar-refractivity contribution is 0.0203. The van der Waals surface area contributed by atoms with Gasteiger partial charge in [0.05, 0.1) is 7.11 Å². The van der Waals surface area contributed by atoms with Gasteiger partial charge in [-0.2, -0.15) is 0 Å². The minimum absolute atomic E-state index is 0. The van der Waals surface area contributed by atoms with Crippen LogP contribution < -0.4 is 15.4 Å². The highest BCUT2D eigenvalue weighted by Crippen LogP contribution is 2.14. The van der Waals surface area contributed by atoms with Gasteiger partial charge in [-0.3, -0.25) is 4.99 Å². The van der Waals surface area contributed by atoms with E-state index >= 15 is 0 Å². The lowest BCUT2D eigenvalue weighted by atomic mass is 10.0. The molecule has 0 radical (unpaired) electrons. The first-order valence-electron chi connectivity index (χ1n) is 8.90. The molecule has 148 valence electrons. The SMILES string of the molecule is CN=C(NCCCOCC1CCOCC1)NCc1ccc(OC)nc1.I. The van der Waals surface area contributed by atoms with Crippen LogP contribution in [-0.2, 0) is 16.0 Å². The summed E-state index contributed by atoms with van der Waals surface area (Å²) in [7, 11) is 3.38. The monoisotopic (exact) mass is 478 g/mol. The third-order valence-electron chi connectivity index (χ3n) is 4.14. The van der Waals surface area contributed by atoms with E-state index in [0.717, 1.165) is 63.8 Å². The van der Waals surface area contributed by atoms with E-state index in [4.69, 9.17) is 14.2 Å². The quantitative estimate of drug-likeness (QED) is 0.245. The molecule has 2 rings (SSSR count). The molecule has 2 heterocycles. The van der Waals surface area contributed by atoms with Gasteiger partial charge in [-0.15, -0.1) is 24.0 Å². The zero-order valence-electron chi connectivity index (χ0n) is 15.7. The molecule has 26 heavy (non-hydrogen) atoms. The number of ether oxygens (including phenoxy) is 3. The van der Waals surface area contributed by atoms with E-state index in [-0.39, 0.29) is 24.0 Å². The number of aromatic nitrogens is 1. The number of halogens is 1. The summed E-state index contributed by atoms with van der Waals surface area (Å²) in [5, 5.41) is 6.56. The van der Waals surface area contributed by atoms with Crippen molar-refractivity contribution < 1.29 is 14.2 Å². The van der Waals surface area contributed by atoms with Crippen LogP contribution >= 0.6 is 24.0 Å². The molecule has 7 nitrogen and oxygen atoms in total. The van der Waals surface area contributed by atoms with Crippen LogP contribution in [-0.4, -0.2) is 58.1 Å². The Bertz CT molecular complexity index is 508. The Labute approximate surface area is 173 Å². The number of guanidine groups is 1. The highest BCUT2D eigenvalue weighted by Gasteiger charge is 2.13. The fourth-order valence-electron chi connectivity index (χ4n) is 2.59. The molecular weight excluding hydrogens is 447 g/mol. The molecule has 0 spiro atoms. The van der Waals surface area contributed by atoms with Gasteiger partial charge in [0, 0.05) is 58.8 Å². The van der Waals surface area contributed by atoms with E-state index in [9.17, 15) is 0 Å². The minimum Gasteiger partial charge on any atom is -0.481 e. The minimum atomic E-state index is 0. The lowest BCUT2D eigenvalue weighted by Crippen LogP contribution is -2.37. The fraction of sp³-hybridized carbons (Fsp3) is 0.667. The van der Waals surface area contributed by atoms with Crippen molar-refractivity contribution >= 4 is 29.9 Å². The maximum atomic E-state index is 5.76. The number of rotatable bonds is 9. The Kier molecular flexibility index (Phi) is 12.3. The maximum absolute atomic E-state index is 5.76. The molecule has 0 aliphatic carbocycles. The van der Waals surface area contributed by atoms with E-state index in [1.807, 2.05) is 12.1 Å². The van der Waals surface area contributed by atoms with Crippen LogP contribution in [0.5, 0.6) is 5.88 Å². The lowest BCUT2D eigenvalue weighted by Gasteiger charge is -2.21. The fourth-order valence-corrected chi connectivity index (χ4v) is 2.59. The van der Waals surface area contributed by atoms with Gasteiger partial charge in [0.1, 0.15) is 0 Å². The molecule has 8 heteroatoms. The van der Waals surface area contributed by atoms with Crippen LogP contribution in [0.15, 0.2) is 23.3 Å². The van der Waals surface area contributed by atoms with Gasteiger partial charge >= 0.3 is 0 Å². The summed E-state index contributed by atoms with van der Waals surface area (Å²) in [5.74, 6) is 2.06. The largest absolute Gasteiger partial charge is 0.481 e. The average Bonchev–Trinajstić information content (AvgIpc) is 2.68. The number of pyridine rings is 1. The van der Waals surface area contributed by atoms with Crippen LogP contribution in [0.3, 0.4) is 0 Å². The second-order valence-electron chi connectivity index (χ2n) is 6.05. The zero-order chi connectivity index (χ0) is 17.7. The summed E-state index contributed by atoms with van der Waals surface area (Å²) in [4.78, 5) is 8.41. The first kappa shape index (κ1) is 22.9. The van der Waals surface area contributed by atoms with Crippen molar-refractivity contribution in [3.05, 3.63) is 23.9 Å². The standard InChI is InChI=1S/C18H30N4O3.HI/c1-19-18(22-13-16-4-5-17(23-2)21-12-16)20-8-3-9-25-14-15-6-10-24-11-7-15;/h4-5,12,15H,3,6-11,13-14H2,1-2H3,(H2,19,20,22);1H. The summed E-state index contributed by atoms with van der Waals surface area (Å²) in [5.41, 5.74) is 1.07. The van der Waals surface area contributed by atoms with Gasteiger partial charge in [0.15, 0.2) is 5.96 Å². The van der Waals surface area contributed by atoms with E-state index < -0.39 is 0 Å². The van der Waals surface area contributed by atoms with Crippen molar-refractivity contribution in [3.63, 3.8) is 0 Å². The van der Waals surface area contributed by atoms with E-state index in [2.05, 4.69) is 20.6 Å². The Morgan fingerprint density at radius 2 is 2.12 bits per heavy atom. The highest BCUT2D eigenvalue weighted by atomic mass is 127. The molecule has 1 aliphatic rings. The number of hydrogen-bond acceptors (Lipinski definition) is 5. The normalized spacial score (nSPS) is 15.2.